The van der Waals surface area contributed by atoms with Gasteiger partial charge in [0, 0.05) is 18.0 Å². The first-order valence-electron chi connectivity index (χ1n) is 12.9. The second kappa shape index (κ2) is 8.88. The molecule has 1 unspecified atom stereocenters. The summed E-state index contributed by atoms with van der Waals surface area (Å²) in [5.41, 5.74) is -7.67. The van der Waals surface area contributed by atoms with E-state index in [0.29, 0.717) is 25.3 Å². The van der Waals surface area contributed by atoms with Crippen LogP contribution in [0.4, 0.5) is 35.1 Å². The first kappa shape index (κ1) is 28.4. The zero-order valence-corrected chi connectivity index (χ0v) is 21.9. The first-order chi connectivity index (χ1) is 19.1. The van der Waals surface area contributed by atoms with E-state index in [-0.39, 0.29) is 65.5 Å². The van der Waals surface area contributed by atoms with Gasteiger partial charge < -0.3 is 9.64 Å². The fraction of sp³-hybridized carbons (Fsp3) is 0.519. The van der Waals surface area contributed by atoms with Gasteiger partial charge in [0.05, 0.1) is 24.2 Å². The van der Waals surface area contributed by atoms with Crippen molar-refractivity contribution in [2.45, 2.75) is 53.0 Å². The highest BCUT2D eigenvalue weighted by molar-refractivity contribution is 7.92. The van der Waals surface area contributed by atoms with Crippen LogP contribution in [0.2, 0.25) is 0 Å². The van der Waals surface area contributed by atoms with Gasteiger partial charge in [0.1, 0.15) is 10.6 Å². The van der Waals surface area contributed by atoms with Crippen molar-refractivity contribution in [1.29, 1.82) is 0 Å². The summed E-state index contributed by atoms with van der Waals surface area (Å²) < 4.78 is 142. The van der Waals surface area contributed by atoms with Gasteiger partial charge in [0.25, 0.3) is 0 Å². The Balaban J connectivity index is 1.49. The Bertz CT molecular complexity index is 1480. The number of alkyl halides is 7. The number of amides is 1. The number of carbonyl (C=O) groups is 1. The molecule has 5 atom stereocenters. The smallest absolute Gasteiger partial charge is 0.381 e. The van der Waals surface area contributed by atoms with Crippen molar-refractivity contribution in [1.82, 2.24) is 4.90 Å². The third kappa shape index (κ3) is 3.81. The van der Waals surface area contributed by atoms with Crippen LogP contribution >= 0.6 is 0 Å². The highest BCUT2D eigenvalue weighted by atomic mass is 32.2. The molecule has 2 saturated heterocycles. The molecular formula is C27H23F8NO4S. The van der Waals surface area contributed by atoms with E-state index in [9.17, 15) is 48.3 Å². The molecule has 2 aromatic rings. The van der Waals surface area contributed by atoms with E-state index in [2.05, 4.69) is 0 Å². The largest absolute Gasteiger partial charge is 0.435 e. The number of hydrogen-bond donors (Lipinski definition) is 0. The Labute approximate surface area is 229 Å². The highest BCUT2D eigenvalue weighted by Gasteiger charge is 2.74. The number of rotatable bonds is 4. The Morgan fingerprint density at radius 2 is 1.54 bits per heavy atom. The molecule has 5 nitrogen and oxygen atoms in total. The molecule has 0 radical (unpaired) electrons. The van der Waals surface area contributed by atoms with Crippen molar-refractivity contribution in [3.63, 3.8) is 0 Å². The molecule has 4 aliphatic rings. The minimum absolute atomic E-state index is 0.00653. The fourth-order valence-electron chi connectivity index (χ4n) is 7.12. The SMILES string of the molecule is O=C(C1[C@H]2COC[C@@H]12)N1CC[C@@]2(S(=O)(=O)c3ccc(F)cc3)c3ccc(C(F)(C(F)(F)F)C(F)(F)F)cc3CC[C@@H]12. The van der Waals surface area contributed by atoms with Crippen LogP contribution in [0.15, 0.2) is 47.4 Å². The summed E-state index contributed by atoms with van der Waals surface area (Å²) in [6.07, 6.45) is -13.2. The van der Waals surface area contributed by atoms with Crippen LogP contribution < -0.4 is 0 Å². The Morgan fingerprint density at radius 3 is 2.12 bits per heavy atom. The number of sulfone groups is 1. The van der Waals surface area contributed by atoms with Gasteiger partial charge in [-0.2, -0.15) is 26.3 Å². The molecule has 6 rings (SSSR count). The lowest BCUT2D eigenvalue weighted by atomic mass is 9.76. The van der Waals surface area contributed by atoms with E-state index < -0.39 is 50.0 Å². The second-order valence-electron chi connectivity index (χ2n) is 11.1. The van der Waals surface area contributed by atoms with Gasteiger partial charge in [-0.05, 0) is 66.5 Å². The lowest BCUT2D eigenvalue weighted by Gasteiger charge is -2.43. The maximum atomic E-state index is 14.9. The molecule has 0 bridgehead atoms. The molecule has 0 spiro atoms. The average Bonchev–Trinajstić information content (AvgIpc) is 3.21. The minimum atomic E-state index is -6.34. The molecular weight excluding hydrogens is 586 g/mol. The average molecular weight is 610 g/mol. The monoisotopic (exact) mass is 609 g/mol. The van der Waals surface area contributed by atoms with Gasteiger partial charge in [0.15, 0.2) is 9.84 Å². The molecule has 1 saturated carbocycles. The van der Waals surface area contributed by atoms with Crippen LogP contribution in [0.3, 0.4) is 0 Å². The van der Waals surface area contributed by atoms with E-state index in [4.69, 9.17) is 4.74 Å². The maximum absolute atomic E-state index is 14.9. The van der Waals surface area contributed by atoms with E-state index in [1.54, 1.807) is 0 Å². The standard InChI is InChI=1S/C27H23F8NO4S/c28-16-3-5-17(6-4-16)41(38,39)24-9-10-36(23(37)22-18-12-40-13-19(18)22)21(24)8-1-14-11-15(2-7-20(14)24)25(29,26(30,31)32)27(33,34)35/h2-7,11,18-19,21-22H,1,8-10,12-13H2/t18-,19+,21-,22?,24-/m1/s1. The van der Waals surface area contributed by atoms with Crippen LogP contribution in [0.5, 0.6) is 0 Å². The molecule has 1 amide bonds. The van der Waals surface area contributed by atoms with Crippen LogP contribution in [-0.4, -0.2) is 57.4 Å². The zero-order valence-electron chi connectivity index (χ0n) is 21.1. The topological polar surface area (TPSA) is 63.7 Å². The number of likely N-dealkylation sites (tertiary alicyclic amines) is 1. The van der Waals surface area contributed by atoms with Crippen LogP contribution in [0.1, 0.15) is 29.5 Å². The predicted molar refractivity (Wildman–Crippen MR) is 126 cm³/mol. The molecule has 222 valence electrons. The number of carbonyl (C=O) groups excluding carboxylic acids is 1. The summed E-state index contributed by atoms with van der Waals surface area (Å²) in [6.45, 7) is 0.765. The third-order valence-electron chi connectivity index (χ3n) is 9.19. The van der Waals surface area contributed by atoms with Crippen molar-refractivity contribution in [2.75, 3.05) is 19.8 Å². The lowest BCUT2D eigenvalue weighted by molar-refractivity contribution is -0.348. The molecule has 2 aliphatic heterocycles. The van der Waals surface area contributed by atoms with Gasteiger partial charge in [-0.25, -0.2) is 17.2 Å². The van der Waals surface area contributed by atoms with E-state index in [0.717, 1.165) is 30.3 Å². The second-order valence-corrected chi connectivity index (χ2v) is 13.3. The van der Waals surface area contributed by atoms with Gasteiger partial charge in [-0.3, -0.25) is 4.79 Å². The predicted octanol–water partition coefficient (Wildman–Crippen LogP) is 5.22. The Morgan fingerprint density at radius 1 is 0.927 bits per heavy atom. The number of ether oxygens (including phenoxy) is 1. The number of halogens is 8. The van der Waals surface area contributed by atoms with Crippen molar-refractivity contribution >= 4 is 15.7 Å². The Hall–Kier alpha value is -2.74. The Kier molecular flexibility index (Phi) is 6.15. The molecule has 3 fully saturated rings. The van der Waals surface area contributed by atoms with Crippen molar-refractivity contribution in [3.05, 3.63) is 65.0 Å². The van der Waals surface area contributed by atoms with Gasteiger partial charge >= 0.3 is 18.0 Å². The summed E-state index contributed by atoms with van der Waals surface area (Å²) >= 11 is 0. The lowest BCUT2D eigenvalue weighted by Crippen LogP contribution is -2.53. The summed E-state index contributed by atoms with van der Waals surface area (Å²) in [5, 5.41) is 0. The molecule has 14 heteroatoms. The fourth-order valence-corrected chi connectivity index (χ4v) is 9.48. The number of hydrogen-bond acceptors (Lipinski definition) is 4. The summed E-state index contributed by atoms with van der Waals surface area (Å²) in [6, 6.07) is 4.43. The highest BCUT2D eigenvalue weighted by Crippen LogP contribution is 2.58. The third-order valence-corrected chi connectivity index (χ3v) is 11.7. The number of fused-ring (bicyclic) bond motifs is 4. The van der Waals surface area contributed by atoms with Gasteiger partial charge in [-0.1, -0.05) is 18.2 Å². The normalized spacial score (nSPS) is 29.6. The van der Waals surface area contributed by atoms with Crippen molar-refractivity contribution in [3.8, 4) is 0 Å². The molecule has 2 aliphatic carbocycles. The molecule has 41 heavy (non-hydrogen) atoms. The zero-order chi connectivity index (χ0) is 29.8. The molecule has 2 aromatic carbocycles. The quantitative estimate of drug-likeness (QED) is 0.352. The van der Waals surface area contributed by atoms with Crippen LogP contribution in [-0.2, 0) is 36.2 Å². The summed E-state index contributed by atoms with van der Waals surface area (Å²) in [4.78, 5) is 14.7. The van der Waals surface area contributed by atoms with Gasteiger partial charge in [0.2, 0.25) is 5.91 Å². The molecule has 0 aromatic heterocycles. The number of nitrogens with zero attached hydrogens (tertiary/aromatic N) is 1. The van der Waals surface area contributed by atoms with Crippen LogP contribution in [0, 0.1) is 23.6 Å². The maximum Gasteiger partial charge on any atom is 0.435 e. The first-order valence-corrected chi connectivity index (χ1v) is 14.4. The van der Waals surface area contributed by atoms with E-state index in [1.807, 2.05) is 0 Å². The number of aryl methyl sites for hydroxylation is 1. The minimum Gasteiger partial charge on any atom is -0.381 e. The van der Waals surface area contributed by atoms with E-state index >= 15 is 0 Å². The molecule has 0 N–H and O–H groups in total. The summed E-state index contributed by atoms with van der Waals surface area (Å²) in [5.74, 6) is -1.35. The van der Waals surface area contributed by atoms with Gasteiger partial charge in [-0.15, -0.1) is 0 Å². The number of benzene rings is 2. The molecule has 2 heterocycles. The van der Waals surface area contributed by atoms with E-state index in [1.165, 1.54) is 4.90 Å². The van der Waals surface area contributed by atoms with Crippen LogP contribution in [0.25, 0.3) is 0 Å². The van der Waals surface area contributed by atoms with Crippen molar-refractivity contribution in [2.24, 2.45) is 17.8 Å². The van der Waals surface area contributed by atoms with Crippen molar-refractivity contribution < 1.29 is 53.1 Å². The summed E-state index contributed by atoms with van der Waals surface area (Å²) in [7, 11) is -4.51.